The summed E-state index contributed by atoms with van der Waals surface area (Å²) in [6, 6.07) is -2.32. The zero-order valence-electron chi connectivity index (χ0n) is 14.5. The largest absolute Gasteiger partial charge is 0.467 e. The number of ether oxygens (including phenoxy) is 2. The number of methoxy groups -OCH3 is 2. The van der Waals surface area contributed by atoms with Gasteiger partial charge in [0.05, 0.1) is 14.2 Å². The second-order valence-electron chi connectivity index (χ2n) is 6.17. The van der Waals surface area contributed by atoms with Gasteiger partial charge in [0.15, 0.2) is 0 Å². The molecule has 8 nitrogen and oxygen atoms in total. The van der Waals surface area contributed by atoms with Gasteiger partial charge in [-0.3, -0.25) is 9.59 Å². The van der Waals surface area contributed by atoms with E-state index in [2.05, 4.69) is 45.4 Å². The summed E-state index contributed by atoms with van der Waals surface area (Å²) in [6.07, 6.45) is 0. The number of amides is 2. The van der Waals surface area contributed by atoms with Crippen LogP contribution in [-0.4, -0.2) is 59.6 Å². The molecule has 0 aliphatic heterocycles. The van der Waals surface area contributed by atoms with E-state index in [9.17, 15) is 19.2 Å². The van der Waals surface area contributed by atoms with E-state index in [-0.39, 0.29) is 0 Å². The molecule has 0 spiro atoms. The molecular weight excluding hydrogens is 356 g/mol. The number of nitrogens with one attached hydrogen (secondary N) is 2. The summed E-state index contributed by atoms with van der Waals surface area (Å²) in [5, 5.41) is 4.48. The van der Waals surface area contributed by atoms with Gasteiger partial charge < -0.3 is 20.1 Å². The van der Waals surface area contributed by atoms with Gasteiger partial charge in [0.1, 0.15) is 12.1 Å². The first kappa shape index (κ1) is 22.6. The third-order valence-corrected chi connectivity index (χ3v) is 3.56. The van der Waals surface area contributed by atoms with Crippen molar-refractivity contribution in [1.29, 1.82) is 0 Å². The normalized spacial score (nSPS) is 14.2. The number of carbonyl (C=O) groups excluding carboxylic acids is 4. The molecule has 0 heterocycles. The standard InChI is InChI=1S/C14H24N2O6S2/c1-13(2,23)7(11(19)21-5)15-9(17)10(18)16-8(12(20)22-6)14(3,4)24/h7-8,23-24H,1-6H3,(H,15,17)(H,16,18). The van der Waals surface area contributed by atoms with Gasteiger partial charge in [-0.25, -0.2) is 9.59 Å². The number of hydrogen-bond acceptors (Lipinski definition) is 8. The van der Waals surface area contributed by atoms with Crippen molar-refractivity contribution in [2.45, 2.75) is 49.3 Å². The molecule has 0 saturated carbocycles. The van der Waals surface area contributed by atoms with E-state index in [0.717, 1.165) is 14.2 Å². The first-order valence-corrected chi connectivity index (χ1v) is 7.86. The van der Waals surface area contributed by atoms with E-state index in [4.69, 9.17) is 0 Å². The minimum absolute atomic E-state index is 0.754. The molecule has 0 aromatic heterocycles. The molecule has 138 valence electrons. The van der Waals surface area contributed by atoms with Gasteiger partial charge in [-0.2, -0.15) is 25.3 Å². The minimum atomic E-state index is -1.16. The maximum Gasteiger partial charge on any atom is 0.329 e. The first-order chi connectivity index (χ1) is 10.8. The molecule has 0 radical (unpaired) electrons. The summed E-state index contributed by atoms with van der Waals surface area (Å²) >= 11 is 8.43. The minimum Gasteiger partial charge on any atom is -0.467 e. The molecule has 0 aromatic rings. The van der Waals surface area contributed by atoms with Crippen LogP contribution in [0.3, 0.4) is 0 Å². The first-order valence-electron chi connectivity index (χ1n) is 6.97. The monoisotopic (exact) mass is 380 g/mol. The maximum absolute atomic E-state index is 12.1. The Bertz CT molecular complexity index is 464. The van der Waals surface area contributed by atoms with Gasteiger partial charge in [-0.1, -0.05) is 0 Å². The van der Waals surface area contributed by atoms with Crippen molar-refractivity contribution in [2.24, 2.45) is 0 Å². The van der Waals surface area contributed by atoms with Crippen molar-refractivity contribution >= 4 is 49.0 Å². The van der Waals surface area contributed by atoms with Crippen LogP contribution < -0.4 is 10.6 Å². The van der Waals surface area contributed by atoms with Crippen LogP contribution in [0, 0.1) is 0 Å². The van der Waals surface area contributed by atoms with Crippen LogP contribution >= 0.6 is 25.3 Å². The SMILES string of the molecule is COC(=O)C(NC(=O)C(=O)NC(C(=O)OC)C(C)(C)S)C(C)(C)S. The molecule has 0 fully saturated rings. The van der Waals surface area contributed by atoms with Crippen molar-refractivity contribution in [3.8, 4) is 0 Å². The summed E-state index contributed by atoms with van der Waals surface area (Å²) in [5.41, 5.74) is 0. The van der Waals surface area contributed by atoms with Crippen LogP contribution in [0.15, 0.2) is 0 Å². The van der Waals surface area contributed by atoms with E-state index in [1.807, 2.05) is 0 Å². The van der Waals surface area contributed by atoms with E-state index in [1.165, 1.54) is 0 Å². The van der Waals surface area contributed by atoms with Crippen LogP contribution in [0.25, 0.3) is 0 Å². The van der Waals surface area contributed by atoms with Crippen LogP contribution in [0.2, 0.25) is 0 Å². The second kappa shape index (κ2) is 8.61. The maximum atomic E-state index is 12.1. The van der Waals surface area contributed by atoms with Gasteiger partial charge in [0.2, 0.25) is 0 Å². The molecule has 0 aromatic carbocycles. The molecule has 0 saturated heterocycles. The molecule has 2 atom stereocenters. The molecule has 24 heavy (non-hydrogen) atoms. The van der Waals surface area contributed by atoms with Gasteiger partial charge in [-0.15, -0.1) is 0 Å². The molecule has 0 rings (SSSR count). The third-order valence-electron chi connectivity index (χ3n) is 3.04. The lowest BCUT2D eigenvalue weighted by Crippen LogP contribution is -2.59. The van der Waals surface area contributed by atoms with E-state index < -0.39 is 45.3 Å². The van der Waals surface area contributed by atoms with Crippen molar-refractivity contribution < 1.29 is 28.7 Å². The highest BCUT2D eigenvalue weighted by Crippen LogP contribution is 2.20. The Morgan fingerprint density at radius 2 is 1.00 bits per heavy atom. The fourth-order valence-electron chi connectivity index (χ4n) is 1.68. The van der Waals surface area contributed by atoms with Gasteiger partial charge in [0, 0.05) is 9.49 Å². The van der Waals surface area contributed by atoms with Gasteiger partial charge >= 0.3 is 23.8 Å². The zero-order valence-corrected chi connectivity index (χ0v) is 16.3. The Morgan fingerprint density at radius 3 is 1.17 bits per heavy atom. The molecule has 10 heteroatoms. The zero-order chi connectivity index (χ0) is 19.3. The summed E-state index contributed by atoms with van der Waals surface area (Å²) in [6.45, 7) is 6.29. The Labute approximate surface area is 152 Å². The highest BCUT2D eigenvalue weighted by molar-refractivity contribution is 7.82. The average molecular weight is 380 g/mol. The Balaban J connectivity index is 5.19. The summed E-state index contributed by atoms with van der Waals surface area (Å²) < 4.78 is 7.22. The number of carbonyl (C=O) groups is 4. The van der Waals surface area contributed by atoms with Crippen LogP contribution in [0.4, 0.5) is 0 Å². The quantitative estimate of drug-likeness (QED) is 0.287. The van der Waals surface area contributed by atoms with E-state index in [0.29, 0.717) is 0 Å². The molecular formula is C14H24N2O6S2. The Kier molecular flexibility index (Phi) is 8.10. The van der Waals surface area contributed by atoms with Crippen molar-refractivity contribution in [1.82, 2.24) is 10.6 Å². The number of thiol groups is 2. The fraction of sp³-hybridized carbons (Fsp3) is 0.714. The molecule has 2 N–H and O–H groups in total. The second-order valence-corrected chi connectivity index (χ2v) is 8.47. The highest BCUT2D eigenvalue weighted by atomic mass is 32.1. The summed E-state index contributed by atoms with van der Waals surface area (Å²) in [7, 11) is 2.30. The van der Waals surface area contributed by atoms with E-state index >= 15 is 0 Å². The van der Waals surface area contributed by atoms with Gasteiger partial charge in [-0.05, 0) is 27.7 Å². The third kappa shape index (κ3) is 6.60. The fourth-order valence-corrected chi connectivity index (χ4v) is 2.02. The highest BCUT2D eigenvalue weighted by Gasteiger charge is 2.39. The average Bonchev–Trinajstić information content (AvgIpc) is 2.45. The van der Waals surface area contributed by atoms with Crippen LogP contribution in [0.5, 0.6) is 0 Å². The Morgan fingerprint density at radius 1 is 0.750 bits per heavy atom. The topological polar surface area (TPSA) is 111 Å². The molecule has 0 bridgehead atoms. The van der Waals surface area contributed by atoms with Crippen molar-refractivity contribution in [3.63, 3.8) is 0 Å². The molecule has 0 aliphatic carbocycles. The van der Waals surface area contributed by atoms with Crippen LogP contribution in [0.1, 0.15) is 27.7 Å². The van der Waals surface area contributed by atoms with Gasteiger partial charge in [0.25, 0.3) is 0 Å². The molecule has 2 amide bonds. The number of hydrogen-bond donors (Lipinski definition) is 4. The predicted molar refractivity (Wildman–Crippen MR) is 94.0 cm³/mol. The number of esters is 2. The molecule has 0 aliphatic rings. The van der Waals surface area contributed by atoms with E-state index in [1.54, 1.807) is 27.7 Å². The van der Waals surface area contributed by atoms with Crippen LogP contribution in [-0.2, 0) is 28.7 Å². The lowest BCUT2D eigenvalue weighted by atomic mass is 10.0. The predicted octanol–water partition coefficient (Wildman–Crippen LogP) is -0.281. The lowest BCUT2D eigenvalue weighted by Gasteiger charge is -2.30. The Hall–Kier alpha value is -1.42. The smallest absolute Gasteiger partial charge is 0.329 e. The summed E-state index contributed by atoms with van der Waals surface area (Å²) in [4.78, 5) is 47.6. The molecule has 2 unspecified atom stereocenters. The van der Waals surface area contributed by atoms with Crippen molar-refractivity contribution in [3.05, 3.63) is 0 Å². The number of rotatable bonds is 6. The van der Waals surface area contributed by atoms with Crippen molar-refractivity contribution in [2.75, 3.05) is 14.2 Å². The lowest BCUT2D eigenvalue weighted by molar-refractivity contribution is -0.150. The summed E-state index contributed by atoms with van der Waals surface area (Å²) in [5.74, 6) is -3.73.